The van der Waals surface area contributed by atoms with E-state index in [9.17, 15) is 17.6 Å². The van der Waals surface area contributed by atoms with Crippen LogP contribution in [0.5, 0.6) is 0 Å². The van der Waals surface area contributed by atoms with E-state index in [2.05, 4.69) is 20.9 Å². The lowest BCUT2D eigenvalue weighted by Gasteiger charge is -2.14. The van der Waals surface area contributed by atoms with Gasteiger partial charge in [-0.2, -0.15) is 0 Å². The number of aryl methyl sites for hydroxylation is 1. The highest BCUT2D eigenvalue weighted by atomic mass is 32.2. The summed E-state index contributed by atoms with van der Waals surface area (Å²) in [7, 11) is -1.36. The van der Waals surface area contributed by atoms with Crippen molar-refractivity contribution in [1.82, 2.24) is 16.0 Å². The predicted molar refractivity (Wildman–Crippen MR) is 104 cm³/mol. The van der Waals surface area contributed by atoms with E-state index in [4.69, 9.17) is 0 Å². The number of guanidine groups is 1. The average molecular weight is 399 g/mol. The molecule has 0 bridgehead atoms. The number of sulfone groups is 1. The van der Waals surface area contributed by atoms with Crippen LogP contribution in [0.2, 0.25) is 0 Å². The summed E-state index contributed by atoms with van der Waals surface area (Å²) in [5.74, 6) is 0.321. The molecule has 1 aliphatic rings. The minimum absolute atomic E-state index is 0.0260. The van der Waals surface area contributed by atoms with Gasteiger partial charge in [0.2, 0.25) is 5.91 Å². The van der Waals surface area contributed by atoms with Crippen molar-refractivity contribution in [3.63, 3.8) is 0 Å². The summed E-state index contributed by atoms with van der Waals surface area (Å²) in [5, 5.41) is 8.96. The largest absolute Gasteiger partial charge is 0.356 e. The normalized spacial score (nSPS) is 18.9. The van der Waals surface area contributed by atoms with Crippen molar-refractivity contribution < 1.29 is 17.6 Å². The Kier molecular flexibility index (Phi) is 7.58. The first-order valence-electron chi connectivity index (χ1n) is 8.98. The van der Waals surface area contributed by atoms with Crippen molar-refractivity contribution in [2.45, 2.75) is 32.2 Å². The molecule has 0 spiro atoms. The number of nitrogens with one attached hydrogen (secondary N) is 3. The number of hydrogen-bond donors (Lipinski definition) is 3. The van der Waals surface area contributed by atoms with Gasteiger partial charge in [0.25, 0.3) is 0 Å². The Balaban J connectivity index is 1.66. The first-order valence-corrected chi connectivity index (χ1v) is 10.8. The van der Waals surface area contributed by atoms with Crippen LogP contribution in [0.3, 0.4) is 0 Å². The molecule has 0 aromatic heterocycles. The minimum Gasteiger partial charge on any atom is -0.356 e. The van der Waals surface area contributed by atoms with Crippen LogP contribution in [0.15, 0.2) is 23.2 Å². The lowest BCUT2D eigenvalue weighted by Crippen LogP contribution is -2.41. The average Bonchev–Trinajstić information content (AvgIpc) is 2.93. The predicted octanol–water partition coefficient (Wildman–Crippen LogP) is 0.535. The second-order valence-corrected chi connectivity index (χ2v) is 8.89. The number of carbonyl (C=O) groups excluding carboxylic acids is 1. The molecule has 1 aliphatic heterocycles. The molecule has 0 aliphatic carbocycles. The fraction of sp³-hybridized carbons (Fsp3) is 0.556. The number of halogens is 1. The topological polar surface area (TPSA) is 99.7 Å². The van der Waals surface area contributed by atoms with Crippen LogP contribution in [-0.4, -0.2) is 58.0 Å². The Morgan fingerprint density at radius 1 is 1.30 bits per heavy atom. The zero-order chi connectivity index (χ0) is 19.9. The van der Waals surface area contributed by atoms with Crippen LogP contribution in [0.4, 0.5) is 4.39 Å². The van der Waals surface area contributed by atoms with Crippen molar-refractivity contribution >= 4 is 21.7 Å². The summed E-state index contributed by atoms with van der Waals surface area (Å²) in [6.07, 6.45) is 1.44. The standard InChI is InChI=1S/C18H27FN4O3S/c1-13-11-15(19)4-3-14(13)5-8-21-18(20-2)22-9-6-17(24)23-16-7-10-27(25,26)12-16/h3-4,11,16H,5-10,12H2,1-2H3,(H,23,24)(H2,20,21,22). The van der Waals surface area contributed by atoms with Crippen molar-refractivity contribution in [3.8, 4) is 0 Å². The molecule has 0 saturated carbocycles. The summed E-state index contributed by atoms with van der Waals surface area (Å²) in [4.78, 5) is 16.0. The van der Waals surface area contributed by atoms with Gasteiger partial charge in [-0.25, -0.2) is 12.8 Å². The van der Waals surface area contributed by atoms with E-state index in [0.29, 0.717) is 25.5 Å². The van der Waals surface area contributed by atoms with Crippen LogP contribution >= 0.6 is 0 Å². The number of amides is 1. The molecule has 27 heavy (non-hydrogen) atoms. The van der Waals surface area contributed by atoms with Crippen molar-refractivity contribution in [1.29, 1.82) is 0 Å². The molecule has 3 N–H and O–H groups in total. The Morgan fingerprint density at radius 2 is 2.04 bits per heavy atom. The van der Waals surface area contributed by atoms with Gasteiger partial charge >= 0.3 is 0 Å². The number of aliphatic imine (C=N–C) groups is 1. The molecule has 1 fully saturated rings. The number of hydrogen-bond acceptors (Lipinski definition) is 4. The third kappa shape index (κ3) is 7.16. The lowest BCUT2D eigenvalue weighted by atomic mass is 10.1. The third-order valence-corrected chi connectivity index (χ3v) is 6.23. The Labute approximate surface area is 159 Å². The van der Waals surface area contributed by atoms with Crippen LogP contribution in [0.25, 0.3) is 0 Å². The van der Waals surface area contributed by atoms with Gasteiger partial charge in [0.1, 0.15) is 5.82 Å². The Hall–Kier alpha value is -2.16. The molecule has 1 amide bonds. The zero-order valence-electron chi connectivity index (χ0n) is 15.7. The van der Waals surface area contributed by atoms with E-state index >= 15 is 0 Å². The maximum Gasteiger partial charge on any atom is 0.222 e. The van der Waals surface area contributed by atoms with Crippen molar-refractivity contribution in [2.24, 2.45) is 4.99 Å². The van der Waals surface area contributed by atoms with E-state index in [1.807, 2.05) is 6.92 Å². The maximum atomic E-state index is 13.1. The van der Waals surface area contributed by atoms with Gasteiger partial charge < -0.3 is 16.0 Å². The van der Waals surface area contributed by atoms with Gasteiger partial charge in [0, 0.05) is 32.6 Å². The molecule has 1 heterocycles. The molecule has 150 valence electrons. The molecule has 1 aromatic rings. The monoisotopic (exact) mass is 398 g/mol. The number of rotatable bonds is 7. The molecular formula is C18H27FN4O3S. The fourth-order valence-corrected chi connectivity index (χ4v) is 4.65. The van der Waals surface area contributed by atoms with Crippen LogP contribution in [-0.2, 0) is 21.1 Å². The van der Waals surface area contributed by atoms with Crippen LogP contribution in [0.1, 0.15) is 24.0 Å². The first-order chi connectivity index (χ1) is 12.8. The molecule has 1 atom stereocenters. The molecule has 2 rings (SSSR count). The quantitative estimate of drug-likeness (QED) is 0.460. The van der Waals surface area contributed by atoms with Gasteiger partial charge in [0.15, 0.2) is 15.8 Å². The molecular weight excluding hydrogens is 371 g/mol. The first kappa shape index (κ1) is 21.1. The highest BCUT2D eigenvalue weighted by molar-refractivity contribution is 7.91. The second kappa shape index (κ2) is 9.68. The van der Waals surface area contributed by atoms with E-state index in [1.54, 1.807) is 13.1 Å². The summed E-state index contributed by atoms with van der Waals surface area (Å²) in [5.41, 5.74) is 1.97. The highest BCUT2D eigenvalue weighted by Crippen LogP contribution is 2.11. The summed E-state index contributed by atoms with van der Waals surface area (Å²) in [6, 6.07) is 4.45. The smallest absolute Gasteiger partial charge is 0.222 e. The van der Waals surface area contributed by atoms with E-state index < -0.39 is 9.84 Å². The minimum atomic E-state index is -3.00. The lowest BCUT2D eigenvalue weighted by molar-refractivity contribution is -0.121. The molecule has 1 aromatic carbocycles. The number of benzene rings is 1. The highest BCUT2D eigenvalue weighted by Gasteiger charge is 2.28. The number of carbonyl (C=O) groups is 1. The molecule has 1 unspecified atom stereocenters. The van der Waals surface area contributed by atoms with E-state index in [1.165, 1.54) is 12.1 Å². The number of nitrogens with zero attached hydrogens (tertiary/aromatic N) is 1. The Bertz CT molecular complexity index is 796. The molecule has 1 saturated heterocycles. The second-order valence-electron chi connectivity index (χ2n) is 6.66. The zero-order valence-corrected chi connectivity index (χ0v) is 16.5. The fourth-order valence-electron chi connectivity index (χ4n) is 2.98. The Morgan fingerprint density at radius 3 is 2.67 bits per heavy atom. The summed E-state index contributed by atoms with van der Waals surface area (Å²) >= 11 is 0. The van der Waals surface area contributed by atoms with Crippen LogP contribution in [0, 0.1) is 12.7 Å². The molecule has 9 heteroatoms. The van der Waals surface area contributed by atoms with Gasteiger partial charge in [-0.15, -0.1) is 0 Å². The van der Waals surface area contributed by atoms with E-state index in [-0.39, 0.29) is 35.7 Å². The van der Waals surface area contributed by atoms with Gasteiger partial charge in [-0.3, -0.25) is 9.79 Å². The van der Waals surface area contributed by atoms with Crippen molar-refractivity contribution in [2.75, 3.05) is 31.6 Å². The molecule has 7 nitrogen and oxygen atoms in total. The van der Waals surface area contributed by atoms with Crippen molar-refractivity contribution in [3.05, 3.63) is 35.1 Å². The maximum absolute atomic E-state index is 13.1. The third-order valence-electron chi connectivity index (χ3n) is 4.46. The van der Waals surface area contributed by atoms with Crippen LogP contribution < -0.4 is 16.0 Å². The van der Waals surface area contributed by atoms with Gasteiger partial charge in [-0.1, -0.05) is 6.07 Å². The van der Waals surface area contributed by atoms with Gasteiger partial charge in [-0.05, 0) is 43.0 Å². The SMILES string of the molecule is CN=C(NCCC(=O)NC1CCS(=O)(=O)C1)NCCc1ccc(F)cc1C. The molecule has 0 radical (unpaired) electrons. The summed E-state index contributed by atoms with van der Waals surface area (Å²) < 4.78 is 35.9. The summed E-state index contributed by atoms with van der Waals surface area (Å²) in [6.45, 7) is 2.89. The van der Waals surface area contributed by atoms with E-state index in [0.717, 1.165) is 17.5 Å². The van der Waals surface area contributed by atoms with Gasteiger partial charge in [0.05, 0.1) is 11.5 Å².